The molecule has 18 heavy (non-hydrogen) atoms. The van der Waals surface area contributed by atoms with Gasteiger partial charge in [-0.05, 0) is 49.9 Å². The maximum absolute atomic E-state index is 13.0. The number of rotatable bonds is 4. The van der Waals surface area contributed by atoms with E-state index >= 15 is 0 Å². The molecule has 1 saturated heterocycles. The van der Waals surface area contributed by atoms with Crippen molar-refractivity contribution in [3.63, 3.8) is 0 Å². The Labute approximate surface area is 116 Å². The molecular formula is C14H19BrFNO. The van der Waals surface area contributed by atoms with Crippen LogP contribution >= 0.6 is 15.9 Å². The molecule has 1 aromatic rings. The fraction of sp³-hybridized carbons (Fsp3) is 0.571. The van der Waals surface area contributed by atoms with E-state index in [2.05, 4.69) is 28.2 Å². The Bertz CT molecular complexity index is 393. The first-order valence-electron chi connectivity index (χ1n) is 6.43. The maximum atomic E-state index is 13.0. The number of hydrogen-bond acceptors (Lipinski definition) is 2. The summed E-state index contributed by atoms with van der Waals surface area (Å²) in [7, 11) is 0. The summed E-state index contributed by atoms with van der Waals surface area (Å²) in [5, 5.41) is 3.52. The van der Waals surface area contributed by atoms with Gasteiger partial charge in [0.25, 0.3) is 0 Å². The minimum absolute atomic E-state index is 0.206. The van der Waals surface area contributed by atoms with Gasteiger partial charge in [0.2, 0.25) is 0 Å². The van der Waals surface area contributed by atoms with Gasteiger partial charge < -0.3 is 10.1 Å². The minimum Gasteiger partial charge on any atom is -0.381 e. The second-order valence-corrected chi connectivity index (χ2v) is 5.71. The van der Waals surface area contributed by atoms with E-state index in [1.807, 2.05) is 6.07 Å². The first-order chi connectivity index (χ1) is 8.66. The SMILES string of the molecule is CC(NCC1CCOCC1)c1ccc(F)cc1Br. The van der Waals surface area contributed by atoms with Crippen LogP contribution in [0, 0.1) is 11.7 Å². The maximum Gasteiger partial charge on any atom is 0.124 e. The normalized spacial score (nSPS) is 18.8. The Morgan fingerprint density at radius 3 is 2.83 bits per heavy atom. The molecule has 1 N–H and O–H groups in total. The van der Waals surface area contributed by atoms with Crippen LogP contribution in [0.4, 0.5) is 4.39 Å². The molecule has 1 aromatic carbocycles. The number of hydrogen-bond donors (Lipinski definition) is 1. The molecule has 0 bridgehead atoms. The number of ether oxygens (including phenoxy) is 1. The van der Waals surface area contributed by atoms with E-state index in [9.17, 15) is 4.39 Å². The van der Waals surface area contributed by atoms with E-state index in [-0.39, 0.29) is 11.9 Å². The Morgan fingerprint density at radius 2 is 2.17 bits per heavy atom. The van der Waals surface area contributed by atoms with Gasteiger partial charge in [-0.15, -0.1) is 0 Å². The van der Waals surface area contributed by atoms with Gasteiger partial charge in [0, 0.05) is 23.7 Å². The molecule has 1 aliphatic heterocycles. The predicted octanol–water partition coefficient (Wildman–Crippen LogP) is 3.67. The van der Waals surface area contributed by atoms with Crippen molar-refractivity contribution in [3.8, 4) is 0 Å². The summed E-state index contributed by atoms with van der Waals surface area (Å²) in [5.41, 5.74) is 1.10. The highest BCUT2D eigenvalue weighted by atomic mass is 79.9. The Hall–Kier alpha value is -0.450. The van der Waals surface area contributed by atoms with Crippen LogP contribution in [0.1, 0.15) is 31.4 Å². The Balaban J connectivity index is 1.88. The molecule has 1 aliphatic rings. The summed E-state index contributed by atoms with van der Waals surface area (Å²) >= 11 is 3.41. The average Bonchev–Trinajstić information content (AvgIpc) is 2.37. The van der Waals surface area contributed by atoms with E-state index in [0.29, 0.717) is 5.92 Å². The van der Waals surface area contributed by atoms with Crippen LogP contribution in [0.2, 0.25) is 0 Å². The largest absolute Gasteiger partial charge is 0.381 e. The topological polar surface area (TPSA) is 21.3 Å². The third-order valence-corrected chi connectivity index (χ3v) is 4.17. The van der Waals surface area contributed by atoms with Crippen LogP contribution in [0.15, 0.2) is 22.7 Å². The molecule has 0 spiro atoms. The first-order valence-corrected chi connectivity index (χ1v) is 7.22. The van der Waals surface area contributed by atoms with E-state index in [0.717, 1.165) is 42.6 Å². The molecule has 0 radical (unpaired) electrons. The summed E-state index contributed by atoms with van der Waals surface area (Å²) in [5.74, 6) is 0.489. The second kappa shape index (κ2) is 6.64. The Kier molecular flexibility index (Phi) is 5.15. The predicted molar refractivity (Wildman–Crippen MR) is 74.1 cm³/mol. The molecule has 1 fully saturated rings. The lowest BCUT2D eigenvalue weighted by molar-refractivity contribution is 0.0656. The van der Waals surface area contributed by atoms with Crippen molar-refractivity contribution in [2.75, 3.05) is 19.8 Å². The number of halogens is 2. The zero-order chi connectivity index (χ0) is 13.0. The molecule has 100 valence electrons. The zero-order valence-electron chi connectivity index (χ0n) is 10.6. The highest BCUT2D eigenvalue weighted by Crippen LogP contribution is 2.24. The van der Waals surface area contributed by atoms with E-state index < -0.39 is 0 Å². The van der Waals surface area contributed by atoms with Crippen molar-refractivity contribution in [1.82, 2.24) is 5.32 Å². The van der Waals surface area contributed by atoms with Crippen molar-refractivity contribution < 1.29 is 9.13 Å². The lowest BCUT2D eigenvalue weighted by Gasteiger charge is -2.24. The van der Waals surface area contributed by atoms with Gasteiger partial charge >= 0.3 is 0 Å². The number of nitrogens with one attached hydrogen (secondary N) is 1. The highest BCUT2D eigenvalue weighted by Gasteiger charge is 2.16. The molecule has 4 heteroatoms. The van der Waals surface area contributed by atoms with E-state index in [4.69, 9.17) is 4.74 Å². The monoisotopic (exact) mass is 315 g/mol. The average molecular weight is 316 g/mol. The summed E-state index contributed by atoms with van der Waals surface area (Å²) < 4.78 is 19.2. The summed E-state index contributed by atoms with van der Waals surface area (Å²) in [6.07, 6.45) is 2.26. The summed E-state index contributed by atoms with van der Waals surface area (Å²) in [4.78, 5) is 0. The molecule has 2 rings (SSSR count). The fourth-order valence-corrected chi connectivity index (χ4v) is 2.95. The van der Waals surface area contributed by atoms with Crippen LogP contribution in [0.5, 0.6) is 0 Å². The van der Waals surface area contributed by atoms with Gasteiger partial charge in [0.05, 0.1) is 0 Å². The minimum atomic E-state index is -0.206. The lowest BCUT2D eigenvalue weighted by atomic mass is 9.99. The van der Waals surface area contributed by atoms with Crippen molar-refractivity contribution in [3.05, 3.63) is 34.1 Å². The van der Waals surface area contributed by atoms with Crippen molar-refractivity contribution >= 4 is 15.9 Å². The zero-order valence-corrected chi connectivity index (χ0v) is 12.2. The van der Waals surface area contributed by atoms with Gasteiger partial charge in [-0.2, -0.15) is 0 Å². The highest BCUT2D eigenvalue weighted by molar-refractivity contribution is 9.10. The fourth-order valence-electron chi connectivity index (χ4n) is 2.26. The molecular weight excluding hydrogens is 297 g/mol. The molecule has 0 aromatic heterocycles. The summed E-state index contributed by atoms with van der Waals surface area (Å²) in [6.45, 7) is 4.85. The van der Waals surface area contributed by atoms with Gasteiger partial charge in [-0.1, -0.05) is 22.0 Å². The Morgan fingerprint density at radius 1 is 1.44 bits per heavy atom. The van der Waals surface area contributed by atoms with Gasteiger partial charge in [-0.25, -0.2) is 4.39 Å². The van der Waals surface area contributed by atoms with Crippen LogP contribution in [0.25, 0.3) is 0 Å². The molecule has 0 aliphatic carbocycles. The molecule has 1 atom stereocenters. The van der Waals surface area contributed by atoms with Crippen molar-refractivity contribution in [2.24, 2.45) is 5.92 Å². The molecule has 1 heterocycles. The third kappa shape index (κ3) is 3.77. The quantitative estimate of drug-likeness (QED) is 0.915. The molecule has 1 unspecified atom stereocenters. The second-order valence-electron chi connectivity index (χ2n) is 4.85. The van der Waals surface area contributed by atoms with Crippen LogP contribution < -0.4 is 5.32 Å². The molecule has 0 saturated carbocycles. The smallest absolute Gasteiger partial charge is 0.124 e. The molecule has 0 amide bonds. The van der Waals surface area contributed by atoms with Gasteiger partial charge in [0.15, 0.2) is 0 Å². The lowest BCUT2D eigenvalue weighted by Crippen LogP contribution is -2.29. The van der Waals surface area contributed by atoms with Crippen LogP contribution in [-0.4, -0.2) is 19.8 Å². The van der Waals surface area contributed by atoms with Gasteiger partial charge in [-0.3, -0.25) is 0 Å². The number of benzene rings is 1. The van der Waals surface area contributed by atoms with Crippen LogP contribution in [-0.2, 0) is 4.74 Å². The summed E-state index contributed by atoms with van der Waals surface area (Å²) in [6, 6.07) is 5.08. The van der Waals surface area contributed by atoms with Crippen LogP contribution in [0.3, 0.4) is 0 Å². The van der Waals surface area contributed by atoms with Crippen molar-refractivity contribution in [2.45, 2.75) is 25.8 Å². The van der Waals surface area contributed by atoms with Gasteiger partial charge in [0.1, 0.15) is 5.82 Å². The standard InChI is InChI=1S/C14H19BrFNO/c1-10(13-3-2-12(16)8-14(13)15)17-9-11-4-6-18-7-5-11/h2-3,8,10-11,17H,4-7,9H2,1H3. The first kappa shape index (κ1) is 14.0. The van der Waals surface area contributed by atoms with E-state index in [1.54, 1.807) is 0 Å². The van der Waals surface area contributed by atoms with E-state index in [1.165, 1.54) is 12.1 Å². The third-order valence-electron chi connectivity index (χ3n) is 3.48. The molecule has 2 nitrogen and oxygen atoms in total. The van der Waals surface area contributed by atoms with Crippen molar-refractivity contribution in [1.29, 1.82) is 0 Å².